The number of hydrogen-bond acceptors (Lipinski definition) is 3. The average molecular weight is 285 g/mol. The zero-order valence-corrected chi connectivity index (χ0v) is 12.4. The van der Waals surface area contributed by atoms with Gasteiger partial charge in [-0.25, -0.2) is 4.79 Å². The second-order valence-electron chi connectivity index (χ2n) is 6.10. The normalized spacial score (nSPS) is 16.2. The van der Waals surface area contributed by atoms with Crippen molar-refractivity contribution in [1.29, 1.82) is 0 Å². The molecule has 0 radical (unpaired) electrons. The second kappa shape index (κ2) is 6.11. The molecule has 0 bridgehead atoms. The molecule has 0 aromatic heterocycles. The molecule has 0 aromatic rings. The van der Waals surface area contributed by atoms with E-state index in [1.54, 1.807) is 27.7 Å². The van der Waals surface area contributed by atoms with Crippen molar-refractivity contribution in [3.8, 4) is 0 Å². The highest BCUT2D eigenvalue weighted by Gasteiger charge is 2.31. The van der Waals surface area contributed by atoms with E-state index in [9.17, 15) is 14.4 Å². The summed E-state index contributed by atoms with van der Waals surface area (Å²) in [6.07, 6.45) is 1.94. The lowest BCUT2D eigenvalue weighted by molar-refractivity contribution is -0.138. The molecule has 20 heavy (non-hydrogen) atoms. The summed E-state index contributed by atoms with van der Waals surface area (Å²) in [5.74, 6) is -1.34. The van der Waals surface area contributed by atoms with Crippen LogP contribution in [0.4, 0.5) is 4.79 Å². The van der Waals surface area contributed by atoms with Gasteiger partial charge in [0.1, 0.15) is 12.6 Å². The van der Waals surface area contributed by atoms with Gasteiger partial charge < -0.3 is 20.6 Å². The molecule has 0 aromatic carbocycles. The van der Waals surface area contributed by atoms with Crippen molar-refractivity contribution >= 4 is 17.9 Å². The summed E-state index contributed by atoms with van der Waals surface area (Å²) in [7, 11) is 0. The first kappa shape index (κ1) is 16.3. The SMILES string of the molecule is CC(NC(=O)N(CC(=O)O)C(C)(C)C)C(=O)NC1CC1. The minimum absolute atomic E-state index is 0.222. The standard InChI is InChI=1S/C13H23N3O4/c1-8(11(19)15-9-5-6-9)14-12(20)16(7-10(17)18)13(2,3)4/h8-9H,5-7H2,1-4H3,(H,14,20)(H,15,19)(H,17,18). The summed E-state index contributed by atoms with van der Waals surface area (Å²) in [6, 6.07) is -1.03. The number of rotatable bonds is 5. The maximum atomic E-state index is 12.1. The van der Waals surface area contributed by atoms with Crippen LogP contribution in [0.15, 0.2) is 0 Å². The molecular formula is C13H23N3O4. The number of hydrogen-bond donors (Lipinski definition) is 3. The summed E-state index contributed by atoms with van der Waals surface area (Å²) in [5.41, 5.74) is -0.644. The van der Waals surface area contributed by atoms with Crippen LogP contribution >= 0.6 is 0 Å². The summed E-state index contributed by atoms with van der Waals surface area (Å²) in [5, 5.41) is 14.2. The van der Waals surface area contributed by atoms with Gasteiger partial charge in [-0.3, -0.25) is 9.59 Å². The van der Waals surface area contributed by atoms with E-state index in [1.807, 2.05) is 0 Å². The molecule has 1 fully saturated rings. The molecule has 0 saturated heterocycles. The molecule has 3 N–H and O–H groups in total. The van der Waals surface area contributed by atoms with Crippen LogP contribution in [0.25, 0.3) is 0 Å². The highest BCUT2D eigenvalue weighted by atomic mass is 16.4. The van der Waals surface area contributed by atoms with Crippen molar-refractivity contribution in [2.45, 2.75) is 58.2 Å². The van der Waals surface area contributed by atoms with Gasteiger partial charge in [-0.05, 0) is 40.5 Å². The van der Waals surface area contributed by atoms with Gasteiger partial charge in [0.05, 0.1) is 0 Å². The molecule has 1 rings (SSSR count). The number of nitrogens with one attached hydrogen (secondary N) is 2. The minimum Gasteiger partial charge on any atom is -0.480 e. The average Bonchev–Trinajstić information content (AvgIpc) is 3.07. The Morgan fingerprint density at radius 1 is 1.30 bits per heavy atom. The van der Waals surface area contributed by atoms with E-state index in [2.05, 4.69) is 10.6 Å². The predicted octanol–water partition coefficient (Wildman–Crippen LogP) is 0.548. The highest BCUT2D eigenvalue weighted by Crippen LogP contribution is 2.18. The Kier molecular flexibility index (Phi) is 4.97. The lowest BCUT2D eigenvalue weighted by Gasteiger charge is -2.35. The molecule has 114 valence electrons. The van der Waals surface area contributed by atoms with Gasteiger partial charge in [-0.15, -0.1) is 0 Å². The van der Waals surface area contributed by atoms with Crippen LogP contribution in [0.1, 0.15) is 40.5 Å². The molecule has 1 aliphatic carbocycles. The van der Waals surface area contributed by atoms with Crippen LogP contribution in [0.2, 0.25) is 0 Å². The molecule has 1 unspecified atom stereocenters. The molecule has 0 aliphatic heterocycles. The van der Waals surface area contributed by atoms with Gasteiger partial charge >= 0.3 is 12.0 Å². The van der Waals surface area contributed by atoms with Crippen LogP contribution in [0, 0.1) is 0 Å². The number of aliphatic carboxylic acids is 1. The van der Waals surface area contributed by atoms with E-state index >= 15 is 0 Å². The van der Waals surface area contributed by atoms with Crippen molar-refractivity contribution in [3.05, 3.63) is 0 Å². The summed E-state index contributed by atoms with van der Waals surface area (Å²) >= 11 is 0. The summed E-state index contributed by atoms with van der Waals surface area (Å²) < 4.78 is 0. The fraction of sp³-hybridized carbons (Fsp3) is 0.769. The highest BCUT2D eigenvalue weighted by molar-refractivity contribution is 5.88. The Labute approximate surface area is 118 Å². The Morgan fingerprint density at radius 2 is 1.85 bits per heavy atom. The van der Waals surface area contributed by atoms with E-state index in [0.717, 1.165) is 12.8 Å². The first-order valence-electron chi connectivity index (χ1n) is 6.71. The fourth-order valence-corrected chi connectivity index (χ4v) is 1.63. The van der Waals surface area contributed by atoms with Gasteiger partial charge in [0.15, 0.2) is 0 Å². The van der Waals surface area contributed by atoms with Crippen LogP contribution in [-0.2, 0) is 9.59 Å². The number of carbonyl (C=O) groups is 3. The van der Waals surface area contributed by atoms with E-state index in [0.29, 0.717) is 0 Å². The molecule has 0 spiro atoms. The third-order valence-electron chi connectivity index (χ3n) is 3.01. The van der Waals surface area contributed by atoms with Crippen LogP contribution in [0.3, 0.4) is 0 Å². The monoisotopic (exact) mass is 285 g/mol. The topological polar surface area (TPSA) is 98.7 Å². The first-order chi connectivity index (χ1) is 9.11. The number of amides is 3. The largest absolute Gasteiger partial charge is 0.480 e. The smallest absolute Gasteiger partial charge is 0.323 e. The lowest BCUT2D eigenvalue weighted by atomic mass is 10.1. The Bertz CT molecular complexity index is 399. The molecule has 1 saturated carbocycles. The molecule has 0 heterocycles. The van der Waals surface area contributed by atoms with Gasteiger partial charge in [0.25, 0.3) is 0 Å². The molecule has 7 nitrogen and oxygen atoms in total. The van der Waals surface area contributed by atoms with Gasteiger partial charge in [-0.1, -0.05) is 0 Å². The lowest BCUT2D eigenvalue weighted by Crippen LogP contribution is -2.56. The van der Waals surface area contributed by atoms with Crippen molar-refractivity contribution < 1.29 is 19.5 Å². The van der Waals surface area contributed by atoms with E-state index in [4.69, 9.17) is 5.11 Å². The Balaban J connectivity index is 2.59. The number of carbonyl (C=O) groups excluding carboxylic acids is 2. The van der Waals surface area contributed by atoms with E-state index < -0.39 is 30.1 Å². The number of urea groups is 1. The van der Waals surface area contributed by atoms with Gasteiger partial charge in [0.2, 0.25) is 5.91 Å². The van der Waals surface area contributed by atoms with Crippen molar-refractivity contribution in [1.82, 2.24) is 15.5 Å². The van der Waals surface area contributed by atoms with E-state index in [1.165, 1.54) is 4.90 Å². The predicted molar refractivity (Wildman–Crippen MR) is 73.3 cm³/mol. The molecule has 3 amide bonds. The minimum atomic E-state index is -1.09. The van der Waals surface area contributed by atoms with Crippen molar-refractivity contribution in [2.24, 2.45) is 0 Å². The zero-order chi connectivity index (χ0) is 15.5. The molecule has 7 heteroatoms. The third kappa shape index (κ3) is 5.07. The fourth-order valence-electron chi connectivity index (χ4n) is 1.63. The van der Waals surface area contributed by atoms with Crippen LogP contribution in [-0.4, -0.2) is 52.1 Å². The maximum absolute atomic E-state index is 12.1. The van der Waals surface area contributed by atoms with E-state index in [-0.39, 0.29) is 11.9 Å². The third-order valence-corrected chi connectivity index (χ3v) is 3.01. The summed E-state index contributed by atoms with van der Waals surface area (Å²) in [6.45, 7) is 6.39. The summed E-state index contributed by atoms with van der Waals surface area (Å²) in [4.78, 5) is 35.9. The number of carboxylic acid groups (broad SMARTS) is 1. The Hall–Kier alpha value is -1.79. The zero-order valence-electron chi connectivity index (χ0n) is 12.4. The Morgan fingerprint density at radius 3 is 2.25 bits per heavy atom. The second-order valence-corrected chi connectivity index (χ2v) is 6.10. The van der Waals surface area contributed by atoms with Crippen LogP contribution < -0.4 is 10.6 Å². The van der Waals surface area contributed by atoms with Gasteiger partial charge in [0, 0.05) is 11.6 Å². The first-order valence-corrected chi connectivity index (χ1v) is 6.71. The maximum Gasteiger partial charge on any atom is 0.323 e. The van der Waals surface area contributed by atoms with Crippen LogP contribution in [0.5, 0.6) is 0 Å². The number of nitrogens with zero attached hydrogens (tertiary/aromatic N) is 1. The van der Waals surface area contributed by atoms with Crippen molar-refractivity contribution in [3.63, 3.8) is 0 Å². The molecule has 1 aliphatic rings. The van der Waals surface area contributed by atoms with Crippen molar-refractivity contribution in [2.75, 3.05) is 6.54 Å². The van der Waals surface area contributed by atoms with Gasteiger partial charge in [-0.2, -0.15) is 0 Å². The number of carboxylic acids is 1. The molecular weight excluding hydrogens is 262 g/mol. The quantitative estimate of drug-likeness (QED) is 0.687. The molecule has 1 atom stereocenters.